The highest BCUT2D eigenvalue weighted by atomic mass is 19.1. The van der Waals surface area contributed by atoms with Gasteiger partial charge in [-0.05, 0) is 51.8 Å². The number of aryl methyl sites for hydroxylation is 1. The van der Waals surface area contributed by atoms with Crippen LogP contribution in [-0.2, 0) is 9.31 Å². The van der Waals surface area contributed by atoms with Gasteiger partial charge in [0.25, 0.3) is 0 Å². The Morgan fingerprint density at radius 3 is 2.16 bits per heavy atom. The number of hydrogen-bond acceptors (Lipinski definition) is 3. The second-order valence-electron chi connectivity index (χ2n) is 6.16. The van der Waals surface area contributed by atoms with Crippen molar-refractivity contribution in [1.29, 1.82) is 0 Å². The van der Waals surface area contributed by atoms with E-state index in [4.69, 9.17) is 15.0 Å². The van der Waals surface area contributed by atoms with Crippen LogP contribution in [0.4, 0.5) is 4.39 Å². The summed E-state index contributed by atoms with van der Waals surface area (Å²) in [5, 5.41) is 0. The van der Waals surface area contributed by atoms with Crippen molar-refractivity contribution in [3.8, 4) is 0 Å². The monoisotopic (exact) mass is 265 g/mol. The van der Waals surface area contributed by atoms with E-state index in [2.05, 4.69) is 0 Å². The van der Waals surface area contributed by atoms with Crippen LogP contribution in [0.15, 0.2) is 18.2 Å². The van der Waals surface area contributed by atoms with Crippen molar-refractivity contribution >= 4 is 7.12 Å². The van der Waals surface area contributed by atoms with Crippen LogP contribution in [-0.4, -0.2) is 18.3 Å². The maximum atomic E-state index is 13.3. The fraction of sp³-hybridized carbons (Fsp3) is 0.571. The summed E-state index contributed by atoms with van der Waals surface area (Å²) >= 11 is 0. The summed E-state index contributed by atoms with van der Waals surface area (Å²) in [6.45, 7) is 9.65. The zero-order valence-corrected chi connectivity index (χ0v) is 12.2. The molecule has 2 rings (SSSR count). The molecule has 3 nitrogen and oxygen atoms in total. The van der Waals surface area contributed by atoms with E-state index in [0.717, 1.165) is 5.56 Å². The van der Waals surface area contributed by atoms with Gasteiger partial charge in [-0.25, -0.2) is 4.39 Å². The van der Waals surface area contributed by atoms with Crippen molar-refractivity contribution in [2.75, 3.05) is 0 Å². The van der Waals surface area contributed by atoms with E-state index in [0.29, 0.717) is 5.56 Å². The Bertz CT molecular complexity index is 474. The normalized spacial score (nSPS) is 22.6. The van der Waals surface area contributed by atoms with E-state index in [1.807, 2.05) is 27.7 Å². The Morgan fingerprint density at radius 2 is 1.68 bits per heavy atom. The lowest BCUT2D eigenvalue weighted by molar-refractivity contribution is 0.00578. The largest absolute Gasteiger partial charge is 0.480 e. The molecular formula is C14H21BFNO2. The summed E-state index contributed by atoms with van der Waals surface area (Å²) < 4.78 is 25.1. The van der Waals surface area contributed by atoms with Gasteiger partial charge >= 0.3 is 7.12 Å². The molecule has 1 aromatic rings. The van der Waals surface area contributed by atoms with Gasteiger partial charge in [-0.1, -0.05) is 12.1 Å². The summed E-state index contributed by atoms with van der Waals surface area (Å²) in [7, 11) is -0.519. The Balaban J connectivity index is 2.22. The number of hydrogen-bond donors (Lipinski definition) is 1. The quantitative estimate of drug-likeness (QED) is 0.836. The van der Waals surface area contributed by atoms with Crippen LogP contribution in [0, 0.1) is 12.7 Å². The number of halogens is 1. The zero-order chi connectivity index (χ0) is 14.4. The van der Waals surface area contributed by atoms with Gasteiger partial charge in [-0.2, -0.15) is 0 Å². The fourth-order valence-corrected chi connectivity index (χ4v) is 2.07. The van der Waals surface area contributed by atoms with Gasteiger partial charge in [0.05, 0.1) is 17.1 Å². The molecule has 104 valence electrons. The number of benzene rings is 1. The molecule has 0 bridgehead atoms. The summed E-state index contributed by atoms with van der Waals surface area (Å²) in [5.74, 6) is -0.662. The van der Waals surface area contributed by atoms with Gasteiger partial charge in [0.2, 0.25) is 0 Å². The molecule has 0 spiro atoms. The molecule has 1 aromatic carbocycles. The lowest BCUT2D eigenvalue weighted by Crippen LogP contribution is -2.41. The van der Waals surface area contributed by atoms with Crippen molar-refractivity contribution in [2.24, 2.45) is 5.73 Å². The Kier molecular flexibility index (Phi) is 3.50. The number of nitrogens with two attached hydrogens (primary N) is 1. The predicted octanol–water partition coefficient (Wildman–Crippen LogP) is 2.77. The maximum Gasteiger partial charge on any atom is 0.480 e. The molecule has 0 unspecified atom stereocenters. The molecular weight excluding hydrogens is 244 g/mol. The minimum atomic E-state index is -0.519. The first kappa shape index (κ1) is 14.5. The van der Waals surface area contributed by atoms with Crippen LogP contribution in [0.5, 0.6) is 0 Å². The third-order valence-electron chi connectivity index (χ3n) is 4.13. The zero-order valence-electron chi connectivity index (χ0n) is 12.2. The first-order chi connectivity index (χ1) is 8.64. The lowest BCUT2D eigenvalue weighted by atomic mass is 9.74. The Labute approximate surface area is 114 Å². The highest BCUT2D eigenvalue weighted by Crippen LogP contribution is 2.39. The summed E-state index contributed by atoms with van der Waals surface area (Å²) in [6.07, 6.45) is 0. The average Bonchev–Trinajstić information content (AvgIpc) is 2.51. The minimum Gasteiger partial charge on any atom is -0.402 e. The van der Waals surface area contributed by atoms with Gasteiger partial charge in [-0.15, -0.1) is 0 Å². The molecule has 1 aliphatic rings. The van der Waals surface area contributed by atoms with E-state index in [1.165, 1.54) is 6.07 Å². The molecule has 2 N–H and O–H groups in total. The van der Waals surface area contributed by atoms with Gasteiger partial charge in [0.15, 0.2) is 0 Å². The van der Waals surface area contributed by atoms with E-state index in [1.54, 1.807) is 19.1 Å². The molecule has 1 aliphatic heterocycles. The van der Waals surface area contributed by atoms with Crippen LogP contribution in [0.3, 0.4) is 0 Å². The minimum absolute atomic E-state index is 0.232. The molecule has 0 amide bonds. The lowest BCUT2D eigenvalue weighted by Gasteiger charge is -2.32. The highest BCUT2D eigenvalue weighted by Gasteiger charge is 2.53. The smallest absolute Gasteiger partial charge is 0.402 e. The number of rotatable bonds is 2. The highest BCUT2D eigenvalue weighted by molar-refractivity contribution is 6.47. The maximum absolute atomic E-state index is 13.3. The van der Waals surface area contributed by atoms with E-state index in [-0.39, 0.29) is 5.82 Å². The SMILES string of the molecule is Cc1cc([C@H](N)B2OC(C)(C)C(C)(C)O2)ccc1F. The third-order valence-corrected chi connectivity index (χ3v) is 4.13. The third kappa shape index (κ3) is 2.55. The van der Waals surface area contributed by atoms with Crippen molar-refractivity contribution in [2.45, 2.75) is 51.8 Å². The molecule has 0 radical (unpaired) electrons. The van der Waals surface area contributed by atoms with E-state index < -0.39 is 24.3 Å². The van der Waals surface area contributed by atoms with E-state index >= 15 is 0 Å². The Hall–Kier alpha value is -0.905. The summed E-state index contributed by atoms with van der Waals surface area (Å²) in [5.41, 5.74) is 6.75. The molecule has 1 atom stereocenters. The van der Waals surface area contributed by atoms with Crippen LogP contribution in [0.1, 0.15) is 44.8 Å². The van der Waals surface area contributed by atoms with Gasteiger partial charge < -0.3 is 15.0 Å². The van der Waals surface area contributed by atoms with Gasteiger partial charge in [-0.3, -0.25) is 0 Å². The molecule has 0 aliphatic carbocycles. The standard InChI is InChI=1S/C14H21BFNO2/c1-9-8-10(6-7-11(9)16)12(17)15-18-13(2,3)14(4,5)19-15/h6-8,12H,17H2,1-5H3/t12-/m0/s1. The van der Waals surface area contributed by atoms with Gasteiger partial charge in [0, 0.05) is 0 Å². The second-order valence-corrected chi connectivity index (χ2v) is 6.16. The first-order valence-corrected chi connectivity index (χ1v) is 6.51. The molecule has 5 heteroatoms. The predicted molar refractivity (Wildman–Crippen MR) is 74.1 cm³/mol. The average molecular weight is 265 g/mol. The topological polar surface area (TPSA) is 44.5 Å². The van der Waals surface area contributed by atoms with Crippen LogP contribution in [0.25, 0.3) is 0 Å². The molecule has 1 fully saturated rings. The van der Waals surface area contributed by atoms with Crippen LogP contribution in [0.2, 0.25) is 0 Å². The van der Waals surface area contributed by atoms with Crippen LogP contribution >= 0.6 is 0 Å². The van der Waals surface area contributed by atoms with Crippen molar-refractivity contribution in [3.05, 3.63) is 35.1 Å². The van der Waals surface area contributed by atoms with Gasteiger partial charge in [0.1, 0.15) is 5.82 Å². The van der Waals surface area contributed by atoms with Crippen molar-refractivity contribution in [3.63, 3.8) is 0 Å². The fourth-order valence-electron chi connectivity index (χ4n) is 2.07. The molecule has 0 saturated carbocycles. The second kappa shape index (κ2) is 4.58. The molecule has 0 aromatic heterocycles. The molecule has 19 heavy (non-hydrogen) atoms. The molecule has 1 heterocycles. The Morgan fingerprint density at radius 1 is 1.16 bits per heavy atom. The molecule has 1 saturated heterocycles. The summed E-state index contributed by atoms with van der Waals surface area (Å²) in [6, 6.07) is 4.85. The van der Waals surface area contributed by atoms with Crippen molar-refractivity contribution < 1.29 is 13.7 Å². The first-order valence-electron chi connectivity index (χ1n) is 6.51. The van der Waals surface area contributed by atoms with E-state index in [9.17, 15) is 4.39 Å². The van der Waals surface area contributed by atoms with Crippen molar-refractivity contribution in [1.82, 2.24) is 0 Å². The summed E-state index contributed by atoms with van der Waals surface area (Å²) in [4.78, 5) is 0. The van der Waals surface area contributed by atoms with Crippen LogP contribution < -0.4 is 5.73 Å².